The van der Waals surface area contributed by atoms with E-state index in [1.807, 2.05) is 24.9 Å². The summed E-state index contributed by atoms with van der Waals surface area (Å²) in [6.07, 6.45) is 5.13. The van der Waals surface area contributed by atoms with Crippen LogP contribution >= 0.6 is 27.5 Å². The quantitative estimate of drug-likeness (QED) is 0.575. The Bertz CT molecular complexity index is 1060. The van der Waals surface area contributed by atoms with E-state index in [2.05, 4.69) is 40.7 Å². The fourth-order valence-electron chi connectivity index (χ4n) is 3.29. The Labute approximate surface area is 186 Å². The number of carbonyl (C=O) groups excluding carboxylic acids is 1. The van der Waals surface area contributed by atoms with Gasteiger partial charge in [0.15, 0.2) is 17.3 Å². The smallest absolute Gasteiger partial charge is 0.219 e. The number of anilines is 2. The van der Waals surface area contributed by atoms with Crippen LogP contribution in [-0.4, -0.2) is 48.0 Å². The molecule has 0 saturated carbocycles. The molecule has 3 aromatic heterocycles. The molecular formula is C19H22BrN7O2S. The normalized spacial score (nSPS) is 14.7. The molecule has 0 radical (unpaired) electrons. The summed E-state index contributed by atoms with van der Waals surface area (Å²) in [5.41, 5.74) is 0.913. The fourth-order valence-corrected chi connectivity index (χ4v) is 4.25. The third kappa shape index (κ3) is 4.46. The van der Waals surface area contributed by atoms with Gasteiger partial charge in [0.1, 0.15) is 5.82 Å². The van der Waals surface area contributed by atoms with E-state index in [-0.39, 0.29) is 11.8 Å². The molecule has 0 aromatic carbocycles. The molecule has 0 aliphatic carbocycles. The average Bonchev–Trinajstić information content (AvgIpc) is 3.32. The van der Waals surface area contributed by atoms with Gasteiger partial charge < -0.3 is 15.0 Å². The molecule has 1 N–H and O–H groups in total. The lowest BCUT2D eigenvalue weighted by Crippen LogP contribution is -2.36. The fraction of sp³-hybridized carbons (Fsp3) is 0.421. The summed E-state index contributed by atoms with van der Waals surface area (Å²) < 4.78 is 13.1. The molecule has 0 unspecified atom stereocenters. The van der Waals surface area contributed by atoms with Crippen molar-refractivity contribution >= 4 is 44.3 Å². The van der Waals surface area contributed by atoms with Crippen molar-refractivity contribution in [3.05, 3.63) is 34.5 Å². The lowest BCUT2D eigenvalue weighted by atomic mass is 9.96. The van der Waals surface area contributed by atoms with Crippen LogP contribution < -0.4 is 10.1 Å². The molecule has 0 bridgehead atoms. The molecular weight excluding hydrogens is 470 g/mol. The number of aryl methyl sites for hydroxylation is 1. The van der Waals surface area contributed by atoms with Gasteiger partial charge in [0, 0.05) is 61.2 Å². The van der Waals surface area contributed by atoms with E-state index in [1.54, 1.807) is 24.0 Å². The van der Waals surface area contributed by atoms with Gasteiger partial charge in [-0.3, -0.25) is 9.48 Å². The monoisotopic (exact) mass is 491 g/mol. The van der Waals surface area contributed by atoms with E-state index in [9.17, 15) is 4.79 Å². The first-order valence-electron chi connectivity index (χ1n) is 9.59. The van der Waals surface area contributed by atoms with Crippen molar-refractivity contribution in [2.75, 3.05) is 18.4 Å². The molecule has 1 saturated heterocycles. The van der Waals surface area contributed by atoms with Crippen molar-refractivity contribution in [2.24, 2.45) is 7.05 Å². The van der Waals surface area contributed by atoms with Crippen molar-refractivity contribution < 1.29 is 9.53 Å². The highest BCUT2D eigenvalue weighted by Crippen LogP contribution is 2.35. The third-order valence-electron chi connectivity index (χ3n) is 5.20. The summed E-state index contributed by atoms with van der Waals surface area (Å²) in [6, 6.07) is 1.85. The summed E-state index contributed by atoms with van der Waals surface area (Å²) >= 11 is 4.74. The van der Waals surface area contributed by atoms with Gasteiger partial charge in [-0.2, -0.15) is 9.47 Å². The van der Waals surface area contributed by atoms with Gasteiger partial charge in [-0.1, -0.05) is 0 Å². The lowest BCUT2D eigenvalue weighted by molar-refractivity contribution is -0.129. The van der Waals surface area contributed by atoms with Gasteiger partial charge in [0.05, 0.1) is 11.9 Å². The van der Waals surface area contributed by atoms with E-state index >= 15 is 0 Å². The predicted molar refractivity (Wildman–Crippen MR) is 117 cm³/mol. The molecule has 3 aromatic rings. The maximum absolute atomic E-state index is 11.5. The van der Waals surface area contributed by atoms with Gasteiger partial charge in [-0.25, -0.2) is 9.97 Å². The summed E-state index contributed by atoms with van der Waals surface area (Å²) in [5.74, 6) is 2.98. The van der Waals surface area contributed by atoms with E-state index in [0.29, 0.717) is 22.4 Å². The van der Waals surface area contributed by atoms with Crippen molar-refractivity contribution in [1.29, 1.82) is 0 Å². The van der Waals surface area contributed by atoms with Gasteiger partial charge >= 0.3 is 0 Å². The minimum Gasteiger partial charge on any atom is -0.450 e. The molecule has 4 rings (SSSR count). The largest absolute Gasteiger partial charge is 0.450 e. The number of rotatable bonds is 5. The maximum Gasteiger partial charge on any atom is 0.219 e. The highest BCUT2D eigenvalue weighted by atomic mass is 79.9. The van der Waals surface area contributed by atoms with E-state index in [0.717, 1.165) is 41.9 Å². The van der Waals surface area contributed by atoms with Crippen molar-refractivity contribution in [2.45, 2.75) is 32.6 Å². The maximum atomic E-state index is 11.5. The second-order valence-corrected chi connectivity index (χ2v) is 8.85. The number of amides is 1. The molecule has 4 heterocycles. The first-order chi connectivity index (χ1) is 14.4. The second-order valence-electron chi connectivity index (χ2n) is 7.18. The number of hydrogen-bond acceptors (Lipinski definition) is 8. The van der Waals surface area contributed by atoms with E-state index < -0.39 is 0 Å². The summed E-state index contributed by atoms with van der Waals surface area (Å²) in [6.45, 7) is 5.05. The lowest BCUT2D eigenvalue weighted by Gasteiger charge is -2.29. The van der Waals surface area contributed by atoms with Crippen molar-refractivity contribution in [3.8, 4) is 11.5 Å². The van der Waals surface area contributed by atoms with Crippen molar-refractivity contribution in [1.82, 2.24) is 29.0 Å². The first kappa shape index (κ1) is 20.7. The molecule has 1 aliphatic heterocycles. The molecule has 11 heteroatoms. The van der Waals surface area contributed by atoms with Crippen LogP contribution in [0, 0.1) is 6.92 Å². The molecule has 0 atom stereocenters. The second kappa shape index (κ2) is 8.68. The molecule has 1 amide bonds. The number of nitrogens with zero attached hydrogens (tertiary/aromatic N) is 6. The van der Waals surface area contributed by atoms with Gasteiger partial charge in [0.2, 0.25) is 11.0 Å². The van der Waals surface area contributed by atoms with Crippen LogP contribution in [0.4, 0.5) is 10.9 Å². The number of piperidine rings is 1. The highest BCUT2D eigenvalue weighted by Gasteiger charge is 2.25. The summed E-state index contributed by atoms with van der Waals surface area (Å²) in [7, 11) is 1.87. The zero-order valence-electron chi connectivity index (χ0n) is 16.9. The molecule has 30 heavy (non-hydrogen) atoms. The Hall–Kier alpha value is -2.53. The third-order valence-corrected chi connectivity index (χ3v) is 6.28. The number of hydrogen-bond donors (Lipinski definition) is 1. The van der Waals surface area contributed by atoms with Gasteiger partial charge in [-0.05, 0) is 35.7 Å². The number of carbonyl (C=O) groups is 1. The van der Waals surface area contributed by atoms with E-state index in [4.69, 9.17) is 4.74 Å². The number of halogens is 1. The van der Waals surface area contributed by atoms with Gasteiger partial charge in [-0.15, -0.1) is 0 Å². The van der Waals surface area contributed by atoms with Crippen LogP contribution in [0.2, 0.25) is 0 Å². The number of likely N-dealkylation sites (tertiary alicyclic amines) is 1. The Kier molecular flexibility index (Phi) is 6.00. The average molecular weight is 492 g/mol. The van der Waals surface area contributed by atoms with Crippen LogP contribution in [0.1, 0.15) is 37.2 Å². The topological polar surface area (TPSA) is 98.1 Å². The number of ether oxygens (including phenoxy) is 1. The van der Waals surface area contributed by atoms with Crippen LogP contribution in [0.15, 0.2) is 22.9 Å². The first-order valence-corrected chi connectivity index (χ1v) is 11.2. The molecule has 0 spiro atoms. The summed E-state index contributed by atoms with van der Waals surface area (Å²) in [5, 5.41) is 8.10. The van der Waals surface area contributed by atoms with Gasteiger partial charge in [0.25, 0.3) is 0 Å². The SMILES string of the molecule is CC(=O)N1CCC(c2nsc(Nc3ncc(Br)cc3Oc3cnn(C)c3C)n2)CC1. The summed E-state index contributed by atoms with van der Waals surface area (Å²) in [4.78, 5) is 22.5. The Balaban J connectivity index is 1.49. The standard InChI is InChI=1S/C19H22BrN7O2S/c1-11-16(10-22-26(11)3)29-15-8-14(20)9-21-18(15)24-19-23-17(25-30-19)13-4-6-27(7-5-13)12(2)28/h8-10,13H,4-7H2,1-3H3,(H,21,23,24,25). The predicted octanol–water partition coefficient (Wildman–Crippen LogP) is 4.00. The van der Waals surface area contributed by atoms with Crippen LogP contribution in [0.25, 0.3) is 0 Å². The zero-order chi connectivity index (χ0) is 21.3. The van der Waals surface area contributed by atoms with E-state index in [1.165, 1.54) is 11.5 Å². The van der Waals surface area contributed by atoms with Crippen LogP contribution in [0.3, 0.4) is 0 Å². The number of aromatic nitrogens is 5. The molecule has 1 fully saturated rings. The number of nitrogens with one attached hydrogen (secondary N) is 1. The van der Waals surface area contributed by atoms with Crippen LogP contribution in [0.5, 0.6) is 11.5 Å². The highest BCUT2D eigenvalue weighted by molar-refractivity contribution is 9.10. The number of pyridine rings is 1. The Morgan fingerprint density at radius 2 is 2.07 bits per heavy atom. The van der Waals surface area contributed by atoms with Crippen LogP contribution in [-0.2, 0) is 11.8 Å². The minimum absolute atomic E-state index is 0.125. The molecule has 1 aliphatic rings. The van der Waals surface area contributed by atoms with Crippen molar-refractivity contribution in [3.63, 3.8) is 0 Å². The Morgan fingerprint density at radius 3 is 2.73 bits per heavy atom. The molecule has 158 valence electrons. The Morgan fingerprint density at radius 1 is 1.30 bits per heavy atom. The minimum atomic E-state index is 0.125. The zero-order valence-corrected chi connectivity index (χ0v) is 19.3. The molecule has 9 nitrogen and oxygen atoms in total.